The second kappa shape index (κ2) is 9.85. The fourth-order valence-electron chi connectivity index (χ4n) is 2.02. The highest BCUT2D eigenvalue weighted by atomic mass is 16.5. The zero-order valence-electron chi connectivity index (χ0n) is 14.6. The van der Waals surface area contributed by atoms with Gasteiger partial charge in [-0.1, -0.05) is 6.07 Å². The summed E-state index contributed by atoms with van der Waals surface area (Å²) in [6, 6.07) is 10.4. The van der Waals surface area contributed by atoms with Crippen LogP contribution in [-0.2, 0) is 6.54 Å². The lowest BCUT2D eigenvalue weighted by Crippen LogP contribution is -2.28. The van der Waals surface area contributed by atoms with Crippen LogP contribution < -0.4 is 15.8 Å². The zero-order valence-corrected chi connectivity index (χ0v) is 14.6. The van der Waals surface area contributed by atoms with E-state index >= 15 is 0 Å². The molecule has 0 aliphatic carbocycles. The summed E-state index contributed by atoms with van der Waals surface area (Å²) in [5.74, 6) is 0.722. The number of pyridine rings is 1. The summed E-state index contributed by atoms with van der Waals surface area (Å²) in [6.07, 6.45) is 4.62. The largest absolute Gasteiger partial charge is 0.439 e. The highest BCUT2D eigenvalue weighted by Crippen LogP contribution is 2.21. The van der Waals surface area contributed by atoms with E-state index in [1.165, 1.54) is 12.4 Å². The maximum absolute atomic E-state index is 12.3. The van der Waals surface area contributed by atoms with Crippen LogP contribution in [-0.4, -0.2) is 29.9 Å². The Hall–Kier alpha value is -3.32. The molecule has 1 aromatic carbocycles. The summed E-state index contributed by atoms with van der Waals surface area (Å²) >= 11 is 0. The second-order valence-electron chi connectivity index (χ2n) is 5.36. The number of nitrogens with one attached hydrogen (secondary N) is 1. The molecule has 2 rings (SSSR count). The molecule has 0 aliphatic heterocycles. The standard InChI is InChI=1S/C19H21N5O2/c1-14(22-9-8-21-2)13-24-19(25)16-4-3-5-17(11-16)26-18-10-15(12-20)6-7-23-18/h3-11H,2,12-13,20H2,1H3,(H,24,25)/b9-8-,22-14?. The fraction of sp³-hybridized carbons (Fsp3) is 0.158. The highest BCUT2D eigenvalue weighted by molar-refractivity contribution is 5.97. The average Bonchev–Trinajstić information content (AvgIpc) is 2.66. The van der Waals surface area contributed by atoms with Crippen molar-refractivity contribution in [3.8, 4) is 11.6 Å². The first-order valence-corrected chi connectivity index (χ1v) is 7.97. The molecule has 26 heavy (non-hydrogen) atoms. The third-order valence-corrected chi connectivity index (χ3v) is 3.33. The van der Waals surface area contributed by atoms with E-state index in [-0.39, 0.29) is 5.91 Å². The van der Waals surface area contributed by atoms with Crippen molar-refractivity contribution < 1.29 is 9.53 Å². The number of hydrogen-bond donors (Lipinski definition) is 2. The Morgan fingerprint density at radius 1 is 1.35 bits per heavy atom. The van der Waals surface area contributed by atoms with Crippen LogP contribution in [0.3, 0.4) is 0 Å². The molecule has 0 fully saturated rings. The van der Waals surface area contributed by atoms with Gasteiger partial charge in [0.1, 0.15) is 5.75 Å². The van der Waals surface area contributed by atoms with Crippen LogP contribution in [0.25, 0.3) is 0 Å². The van der Waals surface area contributed by atoms with E-state index in [1.54, 1.807) is 36.5 Å². The molecule has 3 N–H and O–H groups in total. The third kappa shape index (κ3) is 5.95. The fourth-order valence-corrected chi connectivity index (χ4v) is 2.02. The Bertz CT molecular complexity index is 830. The predicted octanol–water partition coefficient (Wildman–Crippen LogP) is 2.70. The van der Waals surface area contributed by atoms with Gasteiger partial charge in [0, 0.05) is 42.5 Å². The maximum Gasteiger partial charge on any atom is 0.251 e. The van der Waals surface area contributed by atoms with Gasteiger partial charge < -0.3 is 15.8 Å². The van der Waals surface area contributed by atoms with Crippen molar-refractivity contribution in [1.29, 1.82) is 0 Å². The highest BCUT2D eigenvalue weighted by Gasteiger charge is 2.08. The molecule has 134 valence electrons. The minimum absolute atomic E-state index is 0.223. The van der Waals surface area contributed by atoms with Gasteiger partial charge in [-0.05, 0) is 43.5 Å². The SMILES string of the molecule is C=N/C=C\N=C(C)CNC(=O)c1cccc(Oc2cc(CN)ccn2)c1. The molecular formula is C19H21N5O2. The minimum atomic E-state index is -0.223. The molecular weight excluding hydrogens is 330 g/mol. The van der Waals surface area contributed by atoms with Crippen molar-refractivity contribution >= 4 is 18.3 Å². The van der Waals surface area contributed by atoms with Crippen molar-refractivity contribution in [2.24, 2.45) is 15.7 Å². The predicted molar refractivity (Wildman–Crippen MR) is 103 cm³/mol. The van der Waals surface area contributed by atoms with Crippen LogP contribution in [0.4, 0.5) is 0 Å². The summed E-state index contributed by atoms with van der Waals surface area (Å²) in [5.41, 5.74) is 7.75. The van der Waals surface area contributed by atoms with E-state index in [4.69, 9.17) is 10.5 Å². The summed E-state index contributed by atoms with van der Waals surface area (Å²) in [7, 11) is 0. The Morgan fingerprint density at radius 2 is 2.19 bits per heavy atom. The Kier molecular flexibility index (Phi) is 7.20. The van der Waals surface area contributed by atoms with Crippen molar-refractivity contribution in [1.82, 2.24) is 10.3 Å². The minimum Gasteiger partial charge on any atom is -0.439 e. The van der Waals surface area contributed by atoms with Crippen LogP contribution in [0.5, 0.6) is 11.6 Å². The molecule has 7 heteroatoms. The van der Waals surface area contributed by atoms with Gasteiger partial charge in [0.05, 0.1) is 6.54 Å². The lowest BCUT2D eigenvalue weighted by atomic mass is 10.2. The number of carbonyl (C=O) groups excluding carboxylic acids is 1. The monoisotopic (exact) mass is 351 g/mol. The Morgan fingerprint density at radius 3 is 2.96 bits per heavy atom. The molecule has 7 nitrogen and oxygen atoms in total. The van der Waals surface area contributed by atoms with E-state index in [1.807, 2.05) is 13.0 Å². The van der Waals surface area contributed by atoms with Gasteiger partial charge in [0.2, 0.25) is 5.88 Å². The average molecular weight is 351 g/mol. The molecule has 0 saturated carbocycles. The first-order chi connectivity index (χ1) is 12.6. The van der Waals surface area contributed by atoms with Crippen LogP contribution in [0.1, 0.15) is 22.8 Å². The summed E-state index contributed by atoms with van der Waals surface area (Å²) < 4.78 is 5.71. The lowest BCUT2D eigenvalue weighted by Gasteiger charge is -2.08. The van der Waals surface area contributed by atoms with Crippen LogP contribution in [0.15, 0.2) is 65.0 Å². The van der Waals surface area contributed by atoms with Crippen LogP contribution in [0, 0.1) is 0 Å². The molecule has 0 spiro atoms. The Balaban J connectivity index is 2.01. The molecule has 2 aromatic rings. The molecule has 0 bridgehead atoms. The maximum atomic E-state index is 12.3. The number of nitrogens with two attached hydrogens (primary N) is 1. The first kappa shape index (κ1) is 19.0. The van der Waals surface area contributed by atoms with Gasteiger partial charge in [-0.15, -0.1) is 0 Å². The zero-order chi connectivity index (χ0) is 18.8. The lowest BCUT2D eigenvalue weighted by molar-refractivity contribution is 0.0959. The van der Waals surface area contributed by atoms with E-state index in [0.29, 0.717) is 30.3 Å². The van der Waals surface area contributed by atoms with Gasteiger partial charge in [0.15, 0.2) is 0 Å². The topological polar surface area (TPSA) is 102 Å². The number of nitrogens with zero attached hydrogens (tertiary/aromatic N) is 3. The van der Waals surface area contributed by atoms with E-state index in [9.17, 15) is 4.79 Å². The normalized spacial score (nSPS) is 11.4. The summed E-state index contributed by atoms with van der Waals surface area (Å²) in [4.78, 5) is 24.1. The molecule has 1 heterocycles. The number of amides is 1. The molecule has 0 unspecified atom stereocenters. The van der Waals surface area contributed by atoms with E-state index in [2.05, 4.69) is 27.0 Å². The smallest absolute Gasteiger partial charge is 0.251 e. The van der Waals surface area contributed by atoms with Gasteiger partial charge in [-0.2, -0.15) is 0 Å². The van der Waals surface area contributed by atoms with Gasteiger partial charge in [-0.25, -0.2) is 4.98 Å². The first-order valence-electron chi connectivity index (χ1n) is 7.97. The van der Waals surface area contributed by atoms with E-state index < -0.39 is 0 Å². The number of ether oxygens (including phenoxy) is 1. The van der Waals surface area contributed by atoms with Crippen molar-refractivity contribution in [2.75, 3.05) is 6.54 Å². The number of hydrogen-bond acceptors (Lipinski definition) is 6. The van der Waals surface area contributed by atoms with E-state index in [0.717, 1.165) is 11.3 Å². The van der Waals surface area contributed by atoms with Crippen LogP contribution >= 0.6 is 0 Å². The molecule has 1 amide bonds. The van der Waals surface area contributed by atoms with Gasteiger partial charge >= 0.3 is 0 Å². The van der Waals surface area contributed by atoms with Crippen molar-refractivity contribution in [3.63, 3.8) is 0 Å². The molecule has 0 aliphatic rings. The molecule has 1 aromatic heterocycles. The van der Waals surface area contributed by atoms with Gasteiger partial charge in [-0.3, -0.25) is 14.8 Å². The summed E-state index contributed by atoms with van der Waals surface area (Å²) in [5, 5.41) is 2.80. The van der Waals surface area contributed by atoms with Gasteiger partial charge in [0.25, 0.3) is 5.91 Å². The Labute approximate surface area is 152 Å². The molecule has 0 radical (unpaired) electrons. The number of rotatable bonds is 8. The number of aromatic nitrogens is 1. The van der Waals surface area contributed by atoms with Crippen molar-refractivity contribution in [3.05, 3.63) is 66.1 Å². The quantitative estimate of drug-likeness (QED) is 0.714. The second-order valence-corrected chi connectivity index (χ2v) is 5.36. The number of benzene rings is 1. The van der Waals surface area contributed by atoms with Crippen molar-refractivity contribution in [2.45, 2.75) is 13.5 Å². The number of aliphatic imine (C=N–C) groups is 2. The summed E-state index contributed by atoms with van der Waals surface area (Å²) in [6.45, 7) is 5.86. The third-order valence-electron chi connectivity index (χ3n) is 3.33. The molecule has 0 saturated heterocycles. The molecule has 0 atom stereocenters. The van der Waals surface area contributed by atoms with Crippen LogP contribution in [0.2, 0.25) is 0 Å². The number of carbonyl (C=O) groups is 1.